The van der Waals surface area contributed by atoms with Crippen LogP contribution in [0.2, 0.25) is 0 Å². The molecule has 0 aliphatic carbocycles. The Kier molecular flexibility index (Phi) is 26.1. The second kappa shape index (κ2) is 27.8. The summed E-state index contributed by atoms with van der Waals surface area (Å²) in [5.74, 6) is 0. The zero-order valence-corrected chi connectivity index (χ0v) is 24.0. The van der Waals surface area contributed by atoms with Crippen LogP contribution < -0.4 is 0 Å². The average molecular weight is 517 g/mol. The van der Waals surface area contributed by atoms with Gasteiger partial charge in [-0.25, -0.2) is 0 Å². The Bertz CT molecular complexity index is 379. The fourth-order valence-corrected chi connectivity index (χ4v) is 4.34. The summed E-state index contributed by atoms with van der Waals surface area (Å²) in [5, 5.41) is 0. The van der Waals surface area contributed by atoms with Crippen molar-refractivity contribution in [1.82, 2.24) is 0 Å². The van der Waals surface area contributed by atoms with Crippen molar-refractivity contribution >= 4 is 0 Å². The molecule has 0 spiro atoms. The van der Waals surface area contributed by atoms with Crippen LogP contribution in [-0.4, -0.2) is 58.5 Å². The van der Waals surface area contributed by atoms with Gasteiger partial charge in [0.15, 0.2) is 0 Å². The molecule has 36 heavy (non-hydrogen) atoms. The lowest BCUT2D eigenvalue weighted by atomic mass is 10.0. The van der Waals surface area contributed by atoms with Crippen molar-refractivity contribution in [2.45, 2.75) is 154 Å². The van der Waals surface area contributed by atoms with E-state index in [9.17, 15) is 4.39 Å². The van der Waals surface area contributed by atoms with Gasteiger partial charge in [-0.1, -0.05) is 122 Å². The zero-order chi connectivity index (χ0) is 25.8. The van der Waals surface area contributed by atoms with E-state index in [1.165, 1.54) is 122 Å². The van der Waals surface area contributed by atoms with Gasteiger partial charge in [-0.2, -0.15) is 0 Å². The first-order chi connectivity index (χ1) is 17.9. The molecular formula is C31H61FO4. The molecule has 2 atom stereocenters. The largest absolute Gasteiger partial charge is 0.381 e. The SMILES string of the molecule is C(OCC1CO1)C1CO1.CCCCCCCCCCCCCCCCOCCCCCCCCCF. The summed E-state index contributed by atoms with van der Waals surface area (Å²) >= 11 is 0. The average Bonchev–Trinajstić information content (AvgIpc) is 3.82. The highest BCUT2D eigenvalue weighted by Crippen LogP contribution is 2.14. The summed E-state index contributed by atoms with van der Waals surface area (Å²) in [7, 11) is 0. The van der Waals surface area contributed by atoms with Gasteiger partial charge in [-0.3, -0.25) is 4.39 Å². The molecule has 2 aliphatic heterocycles. The van der Waals surface area contributed by atoms with Crippen molar-refractivity contribution in [2.24, 2.45) is 0 Å². The van der Waals surface area contributed by atoms with Crippen molar-refractivity contribution in [3.63, 3.8) is 0 Å². The molecule has 2 heterocycles. The predicted octanol–water partition coefficient (Wildman–Crippen LogP) is 8.99. The number of epoxide rings is 2. The molecule has 2 saturated heterocycles. The summed E-state index contributed by atoms with van der Waals surface area (Å²) in [6.07, 6.45) is 28.6. The first kappa shape index (κ1) is 33.8. The third-order valence-corrected chi connectivity index (χ3v) is 6.98. The monoisotopic (exact) mass is 516 g/mol. The summed E-state index contributed by atoms with van der Waals surface area (Å²) < 4.78 is 32.8. The maximum Gasteiger partial charge on any atom is 0.104 e. The van der Waals surface area contributed by atoms with Gasteiger partial charge in [0.1, 0.15) is 12.2 Å². The lowest BCUT2D eigenvalue weighted by molar-refractivity contribution is 0.102. The fourth-order valence-electron chi connectivity index (χ4n) is 4.34. The molecule has 0 aromatic carbocycles. The number of hydrogen-bond donors (Lipinski definition) is 0. The van der Waals surface area contributed by atoms with E-state index in [4.69, 9.17) is 18.9 Å². The lowest BCUT2D eigenvalue weighted by Crippen LogP contribution is -2.06. The Morgan fingerprint density at radius 1 is 0.500 bits per heavy atom. The second-order valence-corrected chi connectivity index (χ2v) is 10.8. The number of hydrogen-bond acceptors (Lipinski definition) is 4. The van der Waals surface area contributed by atoms with Crippen LogP contribution in [0.1, 0.15) is 142 Å². The molecule has 0 aromatic rings. The molecule has 0 radical (unpaired) electrons. The minimum absolute atomic E-state index is 0.146. The van der Waals surface area contributed by atoms with E-state index in [2.05, 4.69) is 6.92 Å². The summed E-state index contributed by atoms with van der Waals surface area (Å²) in [6, 6.07) is 0. The van der Waals surface area contributed by atoms with E-state index < -0.39 is 0 Å². The molecule has 2 unspecified atom stereocenters. The fraction of sp³-hybridized carbons (Fsp3) is 1.00. The molecule has 4 nitrogen and oxygen atoms in total. The van der Waals surface area contributed by atoms with Gasteiger partial charge in [-0.05, 0) is 19.3 Å². The van der Waals surface area contributed by atoms with Crippen LogP contribution in [0.4, 0.5) is 4.39 Å². The molecular weight excluding hydrogens is 455 g/mol. The van der Waals surface area contributed by atoms with Crippen LogP contribution in [0.5, 0.6) is 0 Å². The van der Waals surface area contributed by atoms with Crippen molar-refractivity contribution in [3.05, 3.63) is 0 Å². The second-order valence-electron chi connectivity index (χ2n) is 10.8. The standard InChI is InChI=1S/C25H51FO.C6H10O3/c1-2-3-4-5-6-7-8-9-10-11-12-15-18-21-24-27-25-22-19-16-13-14-17-20-23-26;1(5-3-8-5)7-2-6-4-9-6/h2-25H2,1H3;5-6H,1-4H2. The molecule has 2 fully saturated rings. The van der Waals surface area contributed by atoms with E-state index >= 15 is 0 Å². The van der Waals surface area contributed by atoms with Crippen molar-refractivity contribution in [3.8, 4) is 0 Å². The lowest BCUT2D eigenvalue weighted by Gasteiger charge is -2.05. The number of rotatable bonds is 28. The van der Waals surface area contributed by atoms with Gasteiger partial charge < -0.3 is 18.9 Å². The van der Waals surface area contributed by atoms with Gasteiger partial charge in [0.2, 0.25) is 0 Å². The van der Waals surface area contributed by atoms with Crippen LogP contribution in [0.15, 0.2) is 0 Å². The van der Waals surface area contributed by atoms with Crippen LogP contribution in [0.25, 0.3) is 0 Å². The predicted molar refractivity (Wildman–Crippen MR) is 150 cm³/mol. The minimum atomic E-state index is -0.146. The van der Waals surface area contributed by atoms with Crippen LogP contribution in [0.3, 0.4) is 0 Å². The number of unbranched alkanes of at least 4 members (excludes halogenated alkanes) is 19. The van der Waals surface area contributed by atoms with E-state index in [0.29, 0.717) is 12.2 Å². The van der Waals surface area contributed by atoms with Gasteiger partial charge in [0.05, 0.1) is 33.1 Å². The Hall–Kier alpha value is -0.230. The highest BCUT2D eigenvalue weighted by Gasteiger charge is 2.26. The quantitative estimate of drug-likeness (QED) is 0.0768. The number of alkyl halides is 1. The smallest absolute Gasteiger partial charge is 0.104 e. The minimum Gasteiger partial charge on any atom is -0.381 e. The Labute approximate surface area is 223 Å². The molecule has 0 saturated carbocycles. The van der Waals surface area contributed by atoms with E-state index in [0.717, 1.165) is 52.5 Å². The Balaban J connectivity index is 0.000000587. The molecule has 5 heteroatoms. The normalized spacial score (nSPS) is 18.2. The Morgan fingerprint density at radius 2 is 0.833 bits per heavy atom. The molecule has 0 N–H and O–H groups in total. The van der Waals surface area contributed by atoms with Crippen LogP contribution in [0, 0.1) is 0 Å². The van der Waals surface area contributed by atoms with E-state index in [1.54, 1.807) is 0 Å². The van der Waals surface area contributed by atoms with Gasteiger partial charge in [0, 0.05) is 13.2 Å². The maximum atomic E-state index is 11.9. The third kappa shape index (κ3) is 28.3. The molecule has 2 rings (SSSR count). The van der Waals surface area contributed by atoms with Gasteiger partial charge in [-0.15, -0.1) is 0 Å². The first-order valence-electron chi connectivity index (χ1n) is 15.8. The summed E-state index contributed by atoms with van der Waals surface area (Å²) in [4.78, 5) is 0. The van der Waals surface area contributed by atoms with Crippen LogP contribution in [-0.2, 0) is 18.9 Å². The van der Waals surface area contributed by atoms with Gasteiger partial charge in [0.25, 0.3) is 0 Å². The van der Waals surface area contributed by atoms with Crippen molar-refractivity contribution in [2.75, 3.05) is 46.3 Å². The molecule has 2 aliphatic rings. The highest BCUT2D eigenvalue weighted by atomic mass is 19.1. The summed E-state index contributed by atoms with van der Waals surface area (Å²) in [5.41, 5.74) is 0. The maximum absolute atomic E-state index is 11.9. The van der Waals surface area contributed by atoms with E-state index in [-0.39, 0.29) is 6.67 Å². The van der Waals surface area contributed by atoms with Gasteiger partial charge >= 0.3 is 0 Å². The molecule has 0 amide bonds. The first-order valence-corrected chi connectivity index (χ1v) is 15.8. The number of ether oxygens (including phenoxy) is 4. The molecule has 0 bridgehead atoms. The third-order valence-electron chi connectivity index (χ3n) is 6.98. The Morgan fingerprint density at radius 3 is 1.17 bits per heavy atom. The zero-order valence-electron chi connectivity index (χ0n) is 24.0. The van der Waals surface area contributed by atoms with Crippen molar-refractivity contribution in [1.29, 1.82) is 0 Å². The highest BCUT2D eigenvalue weighted by molar-refractivity contribution is 4.71. The van der Waals surface area contributed by atoms with E-state index in [1.807, 2.05) is 0 Å². The van der Waals surface area contributed by atoms with Crippen LogP contribution >= 0.6 is 0 Å². The molecule has 0 aromatic heterocycles. The topological polar surface area (TPSA) is 43.5 Å². The molecule has 216 valence electrons. The number of halogens is 1. The van der Waals surface area contributed by atoms with Crippen molar-refractivity contribution < 1.29 is 23.3 Å². The summed E-state index contributed by atoms with van der Waals surface area (Å²) in [6.45, 7) is 7.29.